The van der Waals surface area contributed by atoms with Gasteiger partial charge in [0, 0.05) is 35.5 Å². The van der Waals surface area contributed by atoms with Crippen molar-refractivity contribution in [3.63, 3.8) is 0 Å². The van der Waals surface area contributed by atoms with Crippen molar-refractivity contribution in [2.75, 3.05) is 6.54 Å². The molecule has 1 heterocycles. The van der Waals surface area contributed by atoms with Crippen LogP contribution in [0.25, 0.3) is 0 Å². The largest absolute Gasteiger partial charge is 0.351 e. The summed E-state index contributed by atoms with van der Waals surface area (Å²) >= 11 is 5.46. The second kappa shape index (κ2) is 7.67. The van der Waals surface area contributed by atoms with E-state index in [0.29, 0.717) is 28.4 Å². The van der Waals surface area contributed by atoms with Crippen LogP contribution in [0.5, 0.6) is 0 Å². The van der Waals surface area contributed by atoms with Gasteiger partial charge in [-0.1, -0.05) is 42.5 Å². The first-order valence-electron chi connectivity index (χ1n) is 8.57. The Morgan fingerprint density at radius 2 is 1.93 bits per heavy atom. The molecule has 1 atom stereocenters. The second-order valence-electron chi connectivity index (χ2n) is 6.17. The Morgan fingerprint density at radius 1 is 1.22 bits per heavy atom. The van der Waals surface area contributed by atoms with Crippen LogP contribution in [0.2, 0.25) is 0 Å². The quantitative estimate of drug-likeness (QED) is 0.365. The van der Waals surface area contributed by atoms with Crippen LogP contribution in [0.15, 0.2) is 65.9 Å². The number of carbonyl (C=O) groups excluding carboxylic acids is 1. The molecule has 6 nitrogen and oxygen atoms in total. The summed E-state index contributed by atoms with van der Waals surface area (Å²) < 4.78 is 0. The fraction of sp³-hybridized carbons (Fsp3) is 0.200. The summed E-state index contributed by atoms with van der Waals surface area (Å²) in [6.07, 6.45) is 0. The molecule has 1 N–H and O–H groups in total. The predicted molar refractivity (Wildman–Crippen MR) is 107 cm³/mol. The lowest BCUT2D eigenvalue weighted by Gasteiger charge is -2.37. The van der Waals surface area contributed by atoms with Crippen LogP contribution in [0.4, 0.5) is 5.69 Å². The first kappa shape index (κ1) is 18.7. The number of ketones is 1. The van der Waals surface area contributed by atoms with Gasteiger partial charge >= 0.3 is 0 Å². The summed E-state index contributed by atoms with van der Waals surface area (Å²) in [5, 5.41) is 14.9. The van der Waals surface area contributed by atoms with Crippen LogP contribution in [0.1, 0.15) is 35.8 Å². The average Bonchev–Trinajstić information content (AvgIpc) is 2.68. The highest BCUT2D eigenvalue weighted by molar-refractivity contribution is 7.80. The maximum Gasteiger partial charge on any atom is 0.269 e. The SMILES string of the molecule is CCN1C(=S)NC(c2cccc([N+](=O)[O-])c2)C(C(=O)c2ccccc2)=C1C. The molecule has 7 heteroatoms. The number of hydrogen-bond acceptors (Lipinski definition) is 4. The van der Waals surface area contributed by atoms with Gasteiger partial charge in [-0.3, -0.25) is 14.9 Å². The Balaban J connectivity index is 2.15. The van der Waals surface area contributed by atoms with Crippen LogP contribution in [0.3, 0.4) is 0 Å². The van der Waals surface area contributed by atoms with E-state index in [1.807, 2.05) is 36.9 Å². The summed E-state index contributed by atoms with van der Waals surface area (Å²) in [5.41, 5.74) is 2.46. The number of non-ortho nitro benzene ring substituents is 1. The van der Waals surface area contributed by atoms with Crippen molar-refractivity contribution < 1.29 is 9.72 Å². The monoisotopic (exact) mass is 381 g/mol. The molecule has 0 saturated heterocycles. The topological polar surface area (TPSA) is 75.5 Å². The first-order chi connectivity index (χ1) is 12.9. The number of Topliss-reactive ketones (excluding diaryl/α,β-unsaturated/α-hetero) is 1. The minimum absolute atomic E-state index is 0.0256. The molecular weight excluding hydrogens is 362 g/mol. The lowest BCUT2D eigenvalue weighted by Crippen LogP contribution is -2.47. The zero-order valence-corrected chi connectivity index (χ0v) is 15.8. The third-order valence-electron chi connectivity index (χ3n) is 4.61. The van der Waals surface area contributed by atoms with Gasteiger partial charge in [0.25, 0.3) is 5.69 Å². The molecule has 2 aromatic rings. The van der Waals surface area contributed by atoms with Crippen LogP contribution >= 0.6 is 12.2 Å². The molecule has 0 saturated carbocycles. The number of nitro groups is 1. The predicted octanol–water partition coefficient (Wildman–Crippen LogP) is 4.00. The van der Waals surface area contributed by atoms with E-state index < -0.39 is 11.0 Å². The normalized spacial score (nSPS) is 16.9. The van der Waals surface area contributed by atoms with Gasteiger partial charge in [0.15, 0.2) is 10.9 Å². The molecule has 1 aliphatic heterocycles. The number of benzene rings is 2. The van der Waals surface area contributed by atoms with Crippen LogP contribution in [-0.2, 0) is 0 Å². The van der Waals surface area contributed by atoms with Gasteiger partial charge in [-0.05, 0) is 31.6 Å². The molecule has 0 aromatic heterocycles. The number of nitrogens with one attached hydrogen (secondary N) is 1. The summed E-state index contributed by atoms with van der Waals surface area (Å²) in [7, 11) is 0. The standard InChI is InChI=1S/C20H19N3O3S/c1-3-22-13(2)17(19(24)14-8-5-4-6-9-14)18(21-20(22)27)15-10-7-11-16(12-15)23(25)26/h4-12,18H,3H2,1-2H3,(H,21,27). The minimum Gasteiger partial charge on any atom is -0.351 e. The fourth-order valence-corrected chi connectivity index (χ4v) is 3.65. The Kier molecular flexibility index (Phi) is 5.32. The van der Waals surface area contributed by atoms with Crippen molar-refractivity contribution in [1.82, 2.24) is 10.2 Å². The molecular formula is C20H19N3O3S. The first-order valence-corrected chi connectivity index (χ1v) is 8.97. The lowest BCUT2D eigenvalue weighted by atomic mass is 9.89. The van der Waals surface area contributed by atoms with Gasteiger partial charge in [0.05, 0.1) is 11.0 Å². The van der Waals surface area contributed by atoms with E-state index in [2.05, 4.69) is 5.32 Å². The van der Waals surface area contributed by atoms with Gasteiger partial charge in [-0.15, -0.1) is 0 Å². The van der Waals surface area contributed by atoms with Gasteiger partial charge in [0.2, 0.25) is 0 Å². The smallest absolute Gasteiger partial charge is 0.269 e. The van der Waals surface area contributed by atoms with Crippen LogP contribution in [-0.4, -0.2) is 27.3 Å². The molecule has 2 aromatic carbocycles. The molecule has 1 aliphatic rings. The molecule has 27 heavy (non-hydrogen) atoms. The van der Waals surface area contributed by atoms with E-state index in [1.54, 1.807) is 24.3 Å². The Morgan fingerprint density at radius 3 is 2.56 bits per heavy atom. The molecule has 0 aliphatic carbocycles. The van der Waals surface area contributed by atoms with Gasteiger partial charge < -0.3 is 10.2 Å². The van der Waals surface area contributed by atoms with Crippen molar-refractivity contribution in [3.8, 4) is 0 Å². The van der Waals surface area contributed by atoms with Gasteiger partial charge in [-0.25, -0.2) is 0 Å². The van der Waals surface area contributed by atoms with Gasteiger partial charge in [0.1, 0.15) is 0 Å². The Labute approximate surface area is 162 Å². The highest BCUT2D eigenvalue weighted by Gasteiger charge is 2.34. The highest BCUT2D eigenvalue weighted by Crippen LogP contribution is 2.33. The van der Waals surface area contributed by atoms with E-state index >= 15 is 0 Å². The summed E-state index contributed by atoms with van der Waals surface area (Å²) in [4.78, 5) is 25.9. The number of nitro benzene ring substituents is 1. The zero-order valence-electron chi connectivity index (χ0n) is 15.0. The second-order valence-corrected chi connectivity index (χ2v) is 6.56. The maximum atomic E-state index is 13.3. The molecule has 3 rings (SSSR count). The molecule has 0 bridgehead atoms. The Bertz CT molecular complexity index is 940. The van der Waals surface area contributed by atoms with Crippen molar-refractivity contribution in [3.05, 3.63) is 87.1 Å². The van der Waals surface area contributed by atoms with E-state index in [1.165, 1.54) is 12.1 Å². The number of rotatable bonds is 5. The lowest BCUT2D eigenvalue weighted by molar-refractivity contribution is -0.384. The third kappa shape index (κ3) is 3.59. The van der Waals surface area contributed by atoms with Gasteiger partial charge in [-0.2, -0.15) is 0 Å². The van der Waals surface area contributed by atoms with Crippen molar-refractivity contribution in [2.24, 2.45) is 0 Å². The van der Waals surface area contributed by atoms with Crippen molar-refractivity contribution in [1.29, 1.82) is 0 Å². The summed E-state index contributed by atoms with van der Waals surface area (Å²) in [5.74, 6) is -0.127. The third-order valence-corrected chi connectivity index (χ3v) is 4.95. The summed E-state index contributed by atoms with van der Waals surface area (Å²) in [6.45, 7) is 4.43. The highest BCUT2D eigenvalue weighted by atomic mass is 32.1. The van der Waals surface area contributed by atoms with E-state index in [-0.39, 0.29) is 11.5 Å². The Hall–Kier alpha value is -3.06. The molecule has 0 spiro atoms. The van der Waals surface area contributed by atoms with Crippen molar-refractivity contribution >= 4 is 28.8 Å². The number of carbonyl (C=O) groups is 1. The molecule has 1 unspecified atom stereocenters. The molecule has 0 radical (unpaired) electrons. The van der Waals surface area contributed by atoms with Crippen LogP contribution < -0.4 is 5.32 Å². The van der Waals surface area contributed by atoms with E-state index in [4.69, 9.17) is 12.2 Å². The number of thiocarbonyl (C=S) groups is 1. The fourth-order valence-electron chi connectivity index (χ4n) is 3.27. The zero-order chi connectivity index (χ0) is 19.6. The average molecular weight is 381 g/mol. The minimum atomic E-state index is -0.548. The van der Waals surface area contributed by atoms with Crippen LogP contribution in [0, 0.1) is 10.1 Å². The molecule has 0 amide bonds. The number of allylic oxidation sites excluding steroid dienone is 1. The molecule has 0 fully saturated rings. The van der Waals surface area contributed by atoms with E-state index in [9.17, 15) is 14.9 Å². The van der Waals surface area contributed by atoms with Crippen molar-refractivity contribution in [2.45, 2.75) is 19.9 Å². The number of hydrogen-bond donors (Lipinski definition) is 1. The maximum absolute atomic E-state index is 13.3. The number of nitrogens with zero attached hydrogens (tertiary/aromatic N) is 2. The molecule has 138 valence electrons. The van der Waals surface area contributed by atoms with E-state index in [0.717, 1.165) is 5.70 Å². The summed E-state index contributed by atoms with van der Waals surface area (Å²) in [6, 6.07) is 14.7.